The predicted molar refractivity (Wildman–Crippen MR) is 90.7 cm³/mol. The summed E-state index contributed by atoms with van der Waals surface area (Å²) in [5.41, 5.74) is 0. The summed E-state index contributed by atoms with van der Waals surface area (Å²) in [4.78, 5) is 0. The van der Waals surface area contributed by atoms with Gasteiger partial charge in [-0.2, -0.15) is 0 Å². The van der Waals surface area contributed by atoms with Crippen molar-refractivity contribution < 1.29 is 8.78 Å². The number of piperidine rings is 1. The first-order valence-electron chi connectivity index (χ1n) is 8.16. The van der Waals surface area contributed by atoms with Crippen LogP contribution in [0.25, 0.3) is 0 Å². The van der Waals surface area contributed by atoms with Crippen LogP contribution < -0.4 is 5.32 Å². The molecule has 1 saturated heterocycles. The fraction of sp³-hybridized carbons (Fsp3) is 0.867. The van der Waals surface area contributed by atoms with Crippen LogP contribution in [0.15, 0.2) is 5.16 Å². The number of aromatic nitrogens is 3. The molecule has 8 heteroatoms. The first kappa shape index (κ1) is 18.9. The molecule has 1 saturated carbocycles. The van der Waals surface area contributed by atoms with Gasteiger partial charge in [0.1, 0.15) is 5.82 Å². The number of halogens is 3. The summed E-state index contributed by atoms with van der Waals surface area (Å²) in [6.45, 7) is 2.05. The zero-order chi connectivity index (χ0) is 15.6. The molecular weight excluding hydrogens is 342 g/mol. The van der Waals surface area contributed by atoms with Crippen LogP contribution in [0.5, 0.6) is 0 Å². The molecule has 1 atom stereocenters. The third-order valence-electron chi connectivity index (χ3n) is 4.82. The predicted octanol–water partition coefficient (Wildman–Crippen LogP) is 3.62. The Morgan fingerprint density at radius 3 is 2.65 bits per heavy atom. The Morgan fingerprint density at radius 2 is 2.00 bits per heavy atom. The number of alkyl halides is 2. The maximum Gasteiger partial charge on any atom is 0.248 e. The minimum atomic E-state index is -2.44. The van der Waals surface area contributed by atoms with Crippen molar-refractivity contribution in [3.8, 4) is 0 Å². The van der Waals surface area contributed by atoms with Gasteiger partial charge >= 0.3 is 0 Å². The molecule has 0 radical (unpaired) electrons. The molecule has 132 valence electrons. The van der Waals surface area contributed by atoms with Gasteiger partial charge in [-0.3, -0.25) is 0 Å². The Hall–Kier alpha value is -0.400. The lowest BCUT2D eigenvalue weighted by molar-refractivity contribution is -0.0433. The number of hydrogen-bond acceptors (Lipinski definition) is 4. The summed E-state index contributed by atoms with van der Waals surface area (Å²) in [5, 5.41) is 13.0. The van der Waals surface area contributed by atoms with Crippen molar-refractivity contribution in [2.45, 2.75) is 55.5 Å². The van der Waals surface area contributed by atoms with Crippen molar-refractivity contribution in [2.75, 3.05) is 18.8 Å². The van der Waals surface area contributed by atoms with Crippen molar-refractivity contribution in [3.05, 3.63) is 5.82 Å². The van der Waals surface area contributed by atoms with Crippen molar-refractivity contribution in [1.82, 2.24) is 20.1 Å². The van der Waals surface area contributed by atoms with Crippen LogP contribution in [0.3, 0.4) is 0 Å². The molecule has 1 N–H and O–H groups in total. The molecule has 0 spiro atoms. The molecule has 3 rings (SSSR count). The second-order valence-corrected chi connectivity index (χ2v) is 7.54. The van der Waals surface area contributed by atoms with Gasteiger partial charge in [0.15, 0.2) is 5.16 Å². The Balaban J connectivity index is 0.00000192. The molecule has 2 heterocycles. The van der Waals surface area contributed by atoms with Gasteiger partial charge in [0, 0.05) is 38.1 Å². The van der Waals surface area contributed by atoms with E-state index in [1.165, 1.54) is 6.42 Å². The summed E-state index contributed by atoms with van der Waals surface area (Å²) < 4.78 is 28.4. The Bertz CT molecular complexity index is 496. The van der Waals surface area contributed by atoms with Gasteiger partial charge < -0.3 is 9.88 Å². The monoisotopic (exact) mass is 366 g/mol. The molecule has 1 aromatic heterocycles. The second kappa shape index (κ2) is 8.12. The number of thioether (sulfide) groups is 1. The van der Waals surface area contributed by atoms with Crippen LogP contribution >= 0.6 is 24.2 Å². The van der Waals surface area contributed by atoms with Gasteiger partial charge in [-0.25, -0.2) is 8.78 Å². The van der Waals surface area contributed by atoms with E-state index in [-0.39, 0.29) is 25.2 Å². The van der Waals surface area contributed by atoms with Crippen LogP contribution in [0, 0.1) is 5.92 Å². The van der Waals surface area contributed by atoms with Crippen LogP contribution in [0.4, 0.5) is 8.78 Å². The zero-order valence-corrected chi connectivity index (χ0v) is 15.1. The molecule has 1 aromatic rings. The smallest absolute Gasteiger partial charge is 0.248 e. The molecule has 2 aliphatic rings. The molecule has 23 heavy (non-hydrogen) atoms. The lowest BCUT2D eigenvalue weighted by Crippen LogP contribution is -2.29. The minimum Gasteiger partial charge on any atom is -0.316 e. The lowest BCUT2D eigenvalue weighted by Gasteiger charge is -2.27. The Kier molecular flexibility index (Phi) is 6.68. The summed E-state index contributed by atoms with van der Waals surface area (Å²) in [7, 11) is 2.02. The minimum absolute atomic E-state index is 0. The Morgan fingerprint density at radius 1 is 1.26 bits per heavy atom. The molecule has 4 nitrogen and oxygen atoms in total. The summed E-state index contributed by atoms with van der Waals surface area (Å²) in [6.07, 6.45) is 3.65. The number of nitrogens with one attached hydrogen (secondary N) is 1. The van der Waals surface area contributed by atoms with Gasteiger partial charge in [-0.1, -0.05) is 11.8 Å². The fourth-order valence-electron chi connectivity index (χ4n) is 3.34. The first-order valence-corrected chi connectivity index (χ1v) is 9.14. The van der Waals surface area contributed by atoms with E-state index in [1.54, 1.807) is 11.8 Å². The zero-order valence-electron chi connectivity index (χ0n) is 13.4. The largest absolute Gasteiger partial charge is 0.316 e. The van der Waals surface area contributed by atoms with E-state index in [0.717, 1.165) is 36.2 Å². The number of hydrogen-bond donors (Lipinski definition) is 1. The highest BCUT2D eigenvalue weighted by atomic mass is 35.5. The van der Waals surface area contributed by atoms with E-state index in [4.69, 9.17) is 0 Å². The van der Waals surface area contributed by atoms with E-state index in [1.807, 2.05) is 7.05 Å². The normalized spacial score (nSPS) is 25.1. The molecule has 2 fully saturated rings. The molecule has 0 amide bonds. The standard InChI is InChI=1S/C15H24F2N4S.ClH/c1-21-13(12-3-2-8-18-9-12)19-20-14(21)22-10-11-4-6-15(16,17)7-5-11;/h11-12,18H,2-10H2,1H3;1H. The second-order valence-electron chi connectivity index (χ2n) is 6.55. The SMILES string of the molecule is Cl.Cn1c(SCC2CCC(F)(F)CC2)nnc1C1CCCNC1. The van der Waals surface area contributed by atoms with Crippen molar-refractivity contribution in [3.63, 3.8) is 0 Å². The van der Waals surface area contributed by atoms with Gasteiger partial charge in [0.05, 0.1) is 0 Å². The topological polar surface area (TPSA) is 42.7 Å². The first-order chi connectivity index (χ1) is 10.6. The quantitative estimate of drug-likeness (QED) is 0.826. The van der Waals surface area contributed by atoms with Gasteiger partial charge in [-0.05, 0) is 38.1 Å². The van der Waals surface area contributed by atoms with Gasteiger partial charge in [0.2, 0.25) is 5.92 Å². The molecule has 0 aromatic carbocycles. The molecule has 1 aliphatic carbocycles. The van der Waals surface area contributed by atoms with Gasteiger partial charge in [0.25, 0.3) is 0 Å². The van der Waals surface area contributed by atoms with E-state index >= 15 is 0 Å². The van der Waals surface area contributed by atoms with Crippen molar-refractivity contribution in [1.29, 1.82) is 0 Å². The highest BCUT2D eigenvalue weighted by Crippen LogP contribution is 2.38. The Labute approximate surface area is 146 Å². The van der Waals surface area contributed by atoms with Crippen LogP contribution in [-0.2, 0) is 7.05 Å². The fourth-order valence-corrected chi connectivity index (χ4v) is 4.44. The van der Waals surface area contributed by atoms with E-state index in [0.29, 0.717) is 24.7 Å². The lowest BCUT2D eigenvalue weighted by atomic mass is 9.88. The van der Waals surface area contributed by atoms with Crippen molar-refractivity contribution >= 4 is 24.2 Å². The van der Waals surface area contributed by atoms with Gasteiger partial charge in [-0.15, -0.1) is 22.6 Å². The molecule has 1 aliphatic heterocycles. The van der Waals surface area contributed by atoms with Crippen molar-refractivity contribution in [2.24, 2.45) is 13.0 Å². The average molecular weight is 367 g/mol. The van der Waals surface area contributed by atoms with E-state index < -0.39 is 5.92 Å². The molecule has 0 bridgehead atoms. The summed E-state index contributed by atoms with van der Waals surface area (Å²) in [6, 6.07) is 0. The van der Waals surface area contributed by atoms with Crippen LogP contribution in [-0.4, -0.2) is 39.5 Å². The highest BCUT2D eigenvalue weighted by molar-refractivity contribution is 7.99. The number of rotatable bonds is 4. The van der Waals surface area contributed by atoms with Crippen LogP contribution in [0.2, 0.25) is 0 Å². The average Bonchev–Trinajstić information content (AvgIpc) is 2.88. The third kappa shape index (κ3) is 4.79. The molecular formula is C15H25ClF2N4S. The third-order valence-corrected chi connectivity index (χ3v) is 6.07. The number of nitrogens with zero attached hydrogens (tertiary/aromatic N) is 3. The summed E-state index contributed by atoms with van der Waals surface area (Å²) in [5.74, 6) is 0.290. The van der Waals surface area contributed by atoms with E-state index in [9.17, 15) is 8.78 Å². The maximum atomic E-state index is 13.2. The molecule has 1 unspecified atom stereocenters. The van der Waals surface area contributed by atoms with E-state index in [2.05, 4.69) is 20.1 Å². The van der Waals surface area contributed by atoms with Crippen LogP contribution in [0.1, 0.15) is 50.3 Å². The summed E-state index contributed by atoms with van der Waals surface area (Å²) >= 11 is 1.66. The maximum absolute atomic E-state index is 13.2. The highest BCUT2D eigenvalue weighted by Gasteiger charge is 2.35.